The van der Waals surface area contributed by atoms with Gasteiger partial charge in [-0.1, -0.05) is 65.2 Å². The summed E-state index contributed by atoms with van der Waals surface area (Å²) in [5.41, 5.74) is 2.94. The van der Waals surface area contributed by atoms with Crippen LogP contribution >= 0.6 is 34.8 Å². The summed E-state index contributed by atoms with van der Waals surface area (Å²) in [6.45, 7) is 3.65. The number of rotatable bonds is 6. The van der Waals surface area contributed by atoms with Crippen LogP contribution in [0.3, 0.4) is 0 Å². The number of hydrogen-bond acceptors (Lipinski definition) is 2. The van der Waals surface area contributed by atoms with Crippen molar-refractivity contribution in [3.8, 4) is 0 Å². The number of aryl methyl sites for hydroxylation is 2. The average molecular weight is 554 g/mol. The number of carbonyl (C=O) groups excluding carboxylic acids is 1. The zero-order valence-corrected chi connectivity index (χ0v) is 21.7. The number of hydrogen-bond donors (Lipinski definition) is 1. The van der Waals surface area contributed by atoms with Crippen LogP contribution in [0.2, 0.25) is 15.1 Å². The molecule has 1 aliphatic rings. The Balaban J connectivity index is 1.54. The van der Waals surface area contributed by atoms with Gasteiger partial charge < -0.3 is 5.32 Å². The SMILES string of the molecule is Cc1ccc(C2(NC(=O)c3ccc(/C=C/C(c4cc(Cl)c(Cl)c(Cl)c4)C(F)(F)F)cc3C)CC2)cn1. The first kappa shape index (κ1) is 26.5. The molecule has 0 bridgehead atoms. The van der Waals surface area contributed by atoms with Crippen LogP contribution in [0.4, 0.5) is 13.2 Å². The fraction of sp³-hybridized carbons (Fsp3) is 0.259. The molecule has 3 nitrogen and oxygen atoms in total. The van der Waals surface area contributed by atoms with Gasteiger partial charge in [0.2, 0.25) is 0 Å². The number of amides is 1. The zero-order valence-electron chi connectivity index (χ0n) is 19.4. The molecule has 188 valence electrons. The van der Waals surface area contributed by atoms with Crippen LogP contribution in [0, 0.1) is 13.8 Å². The average Bonchev–Trinajstić information content (AvgIpc) is 3.57. The van der Waals surface area contributed by atoms with Gasteiger partial charge in [-0.3, -0.25) is 9.78 Å². The van der Waals surface area contributed by atoms with Gasteiger partial charge in [-0.05, 0) is 73.2 Å². The summed E-state index contributed by atoms with van der Waals surface area (Å²) in [5, 5.41) is 3.00. The molecule has 0 spiro atoms. The largest absolute Gasteiger partial charge is 0.399 e. The Morgan fingerprint density at radius 1 is 1.06 bits per heavy atom. The topological polar surface area (TPSA) is 42.0 Å². The van der Waals surface area contributed by atoms with Gasteiger partial charge in [-0.25, -0.2) is 0 Å². The standard InChI is InChI=1S/C27H22Cl3F3N2O/c1-15-11-17(5-8-21(27(31,32)33)18-12-22(28)24(30)23(29)13-18)4-7-20(15)25(36)35-26(9-10-26)19-6-3-16(2)34-14-19/h3-8,11-14,21H,9-10H2,1-2H3,(H,35,36)/b8-5+. The van der Waals surface area contributed by atoms with Crippen LogP contribution in [0.5, 0.6) is 0 Å². The van der Waals surface area contributed by atoms with Gasteiger partial charge in [0.15, 0.2) is 0 Å². The molecule has 1 amide bonds. The number of nitrogens with one attached hydrogen (secondary N) is 1. The fourth-order valence-electron chi connectivity index (χ4n) is 4.06. The van der Waals surface area contributed by atoms with Crippen LogP contribution in [-0.4, -0.2) is 17.1 Å². The van der Waals surface area contributed by atoms with E-state index in [2.05, 4.69) is 10.3 Å². The lowest BCUT2D eigenvalue weighted by Crippen LogP contribution is -2.35. The molecular weight excluding hydrogens is 532 g/mol. The van der Waals surface area contributed by atoms with Gasteiger partial charge >= 0.3 is 6.18 Å². The third kappa shape index (κ3) is 5.72. The third-order valence-electron chi connectivity index (χ3n) is 6.26. The Bertz CT molecular complexity index is 1310. The van der Waals surface area contributed by atoms with Crippen molar-refractivity contribution in [1.29, 1.82) is 0 Å². The predicted molar refractivity (Wildman–Crippen MR) is 138 cm³/mol. The van der Waals surface area contributed by atoms with E-state index in [0.717, 1.165) is 42.3 Å². The van der Waals surface area contributed by atoms with Crippen molar-refractivity contribution >= 4 is 46.8 Å². The van der Waals surface area contributed by atoms with Crippen LogP contribution < -0.4 is 5.32 Å². The number of allylic oxidation sites excluding steroid dienone is 1. The lowest BCUT2D eigenvalue weighted by Gasteiger charge is -2.19. The molecule has 0 radical (unpaired) electrons. The Hall–Kier alpha value is -2.54. The smallest absolute Gasteiger partial charge is 0.342 e. The minimum Gasteiger partial charge on any atom is -0.342 e. The maximum atomic E-state index is 13.8. The van der Waals surface area contributed by atoms with E-state index in [4.69, 9.17) is 34.8 Å². The molecule has 2 aromatic carbocycles. The normalized spacial score (nSPS) is 15.7. The summed E-state index contributed by atoms with van der Waals surface area (Å²) in [5.74, 6) is -2.18. The monoisotopic (exact) mass is 552 g/mol. The molecule has 0 saturated heterocycles. The van der Waals surface area contributed by atoms with Crippen LogP contribution in [-0.2, 0) is 5.54 Å². The van der Waals surface area contributed by atoms with Gasteiger partial charge in [0.25, 0.3) is 5.91 Å². The lowest BCUT2D eigenvalue weighted by atomic mass is 9.96. The second kappa shape index (κ2) is 10.1. The summed E-state index contributed by atoms with van der Waals surface area (Å²) < 4.78 is 41.5. The van der Waals surface area contributed by atoms with Gasteiger partial charge in [0, 0.05) is 17.5 Å². The van der Waals surface area contributed by atoms with Crippen molar-refractivity contribution < 1.29 is 18.0 Å². The van der Waals surface area contributed by atoms with Crippen molar-refractivity contribution in [2.75, 3.05) is 0 Å². The van der Waals surface area contributed by atoms with E-state index in [-0.39, 0.29) is 26.5 Å². The first-order chi connectivity index (χ1) is 16.9. The molecule has 1 unspecified atom stereocenters. The molecule has 1 fully saturated rings. The Kier molecular flexibility index (Phi) is 7.42. The van der Waals surface area contributed by atoms with Crippen molar-refractivity contribution in [1.82, 2.24) is 10.3 Å². The minimum atomic E-state index is -4.57. The molecule has 1 saturated carbocycles. The van der Waals surface area contributed by atoms with E-state index in [9.17, 15) is 18.0 Å². The number of aromatic nitrogens is 1. The molecule has 1 aromatic heterocycles. The quantitative estimate of drug-likeness (QED) is 0.311. The summed E-state index contributed by atoms with van der Waals surface area (Å²) in [4.78, 5) is 17.3. The van der Waals surface area contributed by atoms with E-state index in [1.54, 1.807) is 31.3 Å². The Morgan fingerprint density at radius 3 is 2.25 bits per heavy atom. The highest BCUT2D eigenvalue weighted by atomic mass is 35.5. The van der Waals surface area contributed by atoms with Crippen LogP contribution in [0.25, 0.3) is 6.08 Å². The predicted octanol–water partition coefficient (Wildman–Crippen LogP) is 8.44. The minimum absolute atomic E-state index is 0.00287. The van der Waals surface area contributed by atoms with E-state index < -0.39 is 17.6 Å². The first-order valence-electron chi connectivity index (χ1n) is 11.2. The molecule has 1 aliphatic carbocycles. The summed E-state index contributed by atoms with van der Waals surface area (Å²) >= 11 is 17.8. The second-order valence-corrected chi connectivity index (χ2v) is 10.2. The molecule has 9 heteroatoms. The molecule has 1 atom stereocenters. The third-order valence-corrected chi connectivity index (χ3v) is 7.46. The van der Waals surface area contributed by atoms with Gasteiger partial charge in [0.1, 0.15) is 0 Å². The van der Waals surface area contributed by atoms with E-state index in [1.807, 2.05) is 19.1 Å². The van der Waals surface area contributed by atoms with Gasteiger partial charge in [0.05, 0.1) is 26.5 Å². The van der Waals surface area contributed by atoms with Gasteiger partial charge in [-0.2, -0.15) is 13.2 Å². The summed E-state index contributed by atoms with van der Waals surface area (Å²) in [6.07, 6.45) is 1.25. The van der Waals surface area contributed by atoms with E-state index >= 15 is 0 Å². The molecule has 1 heterocycles. The molecule has 1 N–H and O–H groups in total. The molecule has 3 aromatic rings. The number of halogens is 6. The van der Waals surface area contributed by atoms with Crippen molar-refractivity contribution in [3.05, 3.63) is 103 Å². The van der Waals surface area contributed by atoms with Crippen LogP contribution in [0.1, 0.15) is 57.1 Å². The van der Waals surface area contributed by atoms with Crippen LogP contribution in [0.15, 0.2) is 54.7 Å². The first-order valence-corrected chi connectivity index (χ1v) is 12.3. The molecular formula is C27H22Cl3F3N2O. The van der Waals surface area contributed by atoms with Crippen molar-refractivity contribution in [3.63, 3.8) is 0 Å². The van der Waals surface area contributed by atoms with E-state index in [1.165, 1.54) is 6.08 Å². The molecule has 36 heavy (non-hydrogen) atoms. The van der Waals surface area contributed by atoms with Gasteiger partial charge in [-0.15, -0.1) is 0 Å². The van der Waals surface area contributed by atoms with Crippen molar-refractivity contribution in [2.45, 2.75) is 44.3 Å². The number of alkyl halides is 3. The Morgan fingerprint density at radius 2 is 1.72 bits per heavy atom. The summed E-state index contributed by atoms with van der Waals surface area (Å²) in [7, 11) is 0. The number of carbonyl (C=O) groups is 1. The Labute approximate surface area is 222 Å². The molecule has 4 rings (SSSR count). The number of pyridine rings is 1. The van der Waals surface area contributed by atoms with Crippen molar-refractivity contribution in [2.24, 2.45) is 0 Å². The number of benzene rings is 2. The van der Waals surface area contributed by atoms with E-state index in [0.29, 0.717) is 16.7 Å². The lowest BCUT2D eigenvalue weighted by molar-refractivity contribution is -0.139. The zero-order chi connectivity index (χ0) is 26.3. The summed E-state index contributed by atoms with van der Waals surface area (Å²) in [6, 6.07) is 11.1. The second-order valence-electron chi connectivity index (χ2n) is 8.98. The number of nitrogens with zero attached hydrogens (tertiary/aromatic N) is 1. The highest BCUT2D eigenvalue weighted by Crippen LogP contribution is 2.45. The maximum absolute atomic E-state index is 13.8. The highest BCUT2D eigenvalue weighted by molar-refractivity contribution is 6.48. The fourth-order valence-corrected chi connectivity index (χ4v) is 4.68. The molecule has 0 aliphatic heterocycles. The highest BCUT2D eigenvalue weighted by Gasteiger charge is 2.46. The maximum Gasteiger partial charge on any atom is 0.399 e.